The molecular formula is C17H23ClIN5O. The van der Waals surface area contributed by atoms with Crippen molar-refractivity contribution < 1.29 is 4.52 Å². The van der Waals surface area contributed by atoms with Gasteiger partial charge in [0.25, 0.3) is 0 Å². The zero-order chi connectivity index (χ0) is 16.8. The maximum Gasteiger partial charge on any atom is 0.228 e. The van der Waals surface area contributed by atoms with Crippen LogP contribution in [0.25, 0.3) is 11.4 Å². The quantitative estimate of drug-likeness (QED) is 0.364. The molecule has 1 fully saturated rings. The van der Waals surface area contributed by atoms with E-state index in [1.807, 2.05) is 24.3 Å². The molecule has 1 aliphatic carbocycles. The Hall–Kier alpha value is -1.35. The maximum atomic E-state index is 5.99. The minimum atomic E-state index is 0. The molecule has 0 unspecified atom stereocenters. The van der Waals surface area contributed by atoms with Gasteiger partial charge in [-0.25, -0.2) is 0 Å². The van der Waals surface area contributed by atoms with Crippen molar-refractivity contribution in [3.63, 3.8) is 0 Å². The number of aromatic nitrogens is 2. The SMILES string of the molecule is CCNC(=NCC1CC1)NCCc1nc(-c2cccc(Cl)c2)no1.I. The Morgan fingerprint density at radius 2 is 2.20 bits per heavy atom. The minimum absolute atomic E-state index is 0. The van der Waals surface area contributed by atoms with Crippen LogP contribution in [0.3, 0.4) is 0 Å². The molecule has 1 aromatic carbocycles. The first kappa shape index (κ1) is 20.0. The van der Waals surface area contributed by atoms with Crippen molar-refractivity contribution in [2.45, 2.75) is 26.2 Å². The van der Waals surface area contributed by atoms with Crippen molar-refractivity contribution in [3.05, 3.63) is 35.2 Å². The number of hydrogen-bond acceptors (Lipinski definition) is 4. The van der Waals surface area contributed by atoms with Crippen molar-refractivity contribution in [2.75, 3.05) is 19.6 Å². The molecule has 0 radical (unpaired) electrons. The van der Waals surface area contributed by atoms with Crippen LogP contribution in [-0.2, 0) is 6.42 Å². The van der Waals surface area contributed by atoms with Gasteiger partial charge in [0.15, 0.2) is 5.96 Å². The monoisotopic (exact) mass is 475 g/mol. The minimum Gasteiger partial charge on any atom is -0.357 e. The molecular weight excluding hydrogens is 453 g/mol. The lowest BCUT2D eigenvalue weighted by molar-refractivity contribution is 0.378. The van der Waals surface area contributed by atoms with Crippen molar-refractivity contribution >= 4 is 41.5 Å². The average molecular weight is 476 g/mol. The lowest BCUT2D eigenvalue weighted by Gasteiger charge is -2.09. The number of hydrogen-bond donors (Lipinski definition) is 2. The first-order valence-corrected chi connectivity index (χ1v) is 8.73. The summed E-state index contributed by atoms with van der Waals surface area (Å²) in [6.07, 6.45) is 3.25. The number of rotatable bonds is 7. The molecule has 0 spiro atoms. The van der Waals surface area contributed by atoms with Gasteiger partial charge in [0.2, 0.25) is 11.7 Å². The summed E-state index contributed by atoms with van der Waals surface area (Å²) >= 11 is 5.99. The lowest BCUT2D eigenvalue weighted by Crippen LogP contribution is -2.38. The number of aliphatic imine (C=N–C) groups is 1. The second-order valence-electron chi connectivity index (χ2n) is 5.86. The van der Waals surface area contributed by atoms with E-state index in [1.54, 1.807) is 0 Å². The predicted octanol–water partition coefficient (Wildman–Crippen LogP) is 3.52. The van der Waals surface area contributed by atoms with Gasteiger partial charge in [0.1, 0.15) is 0 Å². The molecule has 136 valence electrons. The second kappa shape index (κ2) is 9.96. The van der Waals surface area contributed by atoms with Crippen LogP contribution in [0.5, 0.6) is 0 Å². The van der Waals surface area contributed by atoms with Crippen LogP contribution in [0.2, 0.25) is 5.02 Å². The highest BCUT2D eigenvalue weighted by Crippen LogP contribution is 2.28. The molecule has 1 saturated carbocycles. The van der Waals surface area contributed by atoms with Crippen molar-refractivity contribution in [1.82, 2.24) is 20.8 Å². The van der Waals surface area contributed by atoms with Gasteiger partial charge in [-0.2, -0.15) is 4.98 Å². The standard InChI is InChI=1S/C17H22ClN5O.HI/c1-2-19-17(21-11-12-6-7-12)20-9-8-15-22-16(23-24-15)13-4-3-5-14(18)10-13;/h3-5,10,12H,2,6-9,11H2,1H3,(H2,19,20,21);1H. The molecule has 2 aromatic rings. The summed E-state index contributed by atoms with van der Waals surface area (Å²) in [5, 5.41) is 11.2. The topological polar surface area (TPSA) is 75.3 Å². The highest BCUT2D eigenvalue weighted by molar-refractivity contribution is 14.0. The molecule has 1 aromatic heterocycles. The fourth-order valence-electron chi connectivity index (χ4n) is 2.25. The number of guanidine groups is 1. The van der Waals surface area contributed by atoms with E-state index in [9.17, 15) is 0 Å². The number of benzene rings is 1. The fraction of sp³-hybridized carbons (Fsp3) is 0.471. The van der Waals surface area contributed by atoms with E-state index in [1.165, 1.54) is 12.8 Å². The zero-order valence-corrected chi connectivity index (χ0v) is 17.3. The summed E-state index contributed by atoms with van der Waals surface area (Å²) in [5.41, 5.74) is 0.852. The molecule has 1 heterocycles. The van der Waals surface area contributed by atoms with Gasteiger partial charge in [-0.15, -0.1) is 24.0 Å². The first-order chi connectivity index (χ1) is 11.7. The number of halogens is 2. The fourth-order valence-corrected chi connectivity index (χ4v) is 2.44. The van der Waals surface area contributed by atoms with Gasteiger partial charge in [-0.05, 0) is 37.8 Å². The largest absolute Gasteiger partial charge is 0.357 e. The van der Waals surface area contributed by atoms with Crippen LogP contribution < -0.4 is 10.6 Å². The van der Waals surface area contributed by atoms with E-state index >= 15 is 0 Å². The smallest absolute Gasteiger partial charge is 0.228 e. The van der Waals surface area contributed by atoms with Gasteiger partial charge in [0, 0.05) is 36.6 Å². The third kappa shape index (κ3) is 6.47. The molecule has 6 nitrogen and oxygen atoms in total. The molecule has 1 aliphatic rings. The second-order valence-corrected chi connectivity index (χ2v) is 6.30. The highest BCUT2D eigenvalue weighted by atomic mass is 127. The normalized spacial score (nSPS) is 14.1. The van der Waals surface area contributed by atoms with Crippen LogP contribution in [0.4, 0.5) is 0 Å². The van der Waals surface area contributed by atoms with Crippen LogP contribution in [0.1, 0.15) is 25.7 Å². The third-order valence-corrected chi connectivity index (χ3v) is 3.97. The van der Waals surface area contributed by atoms with Crippen LogP contribution in [0, 0.1) is 5.92 Å². The third-order valence-electron chi connectivity index (χ3n) is 3.73. The predicted molar refractivity (Wildman–Crippen MR) is 111 cm³/mol. The maximum absolute atomic E-state index is 5.99. The van der Waals surface area contributed by atoms with E-state index in [0.717, 1.165) is 30.5 Å². The molecule has 0 bridgehead atoms. The van der Waals surface area contributed by atoms with Crippen LogP contribution in [0.15, 0.2) is 33.8 Å². The molecule has 0 saturated heterocycles. The summed E-state index contributed by atoms with van der Waals surface area (Å²) in [5.74, 6) is 2.77. The molecule has 0 atom stereocenters. The zero-order valence-electron chi connectivity index (χ0n) is 14.2. The molecule has 0 amide bonds. The summed E-state index contributed by atoms with van der Waals surface area (Å²) in [6, 6.07) is 7.42. The van der Waals surface area contributed by atoms with E-state index in [0.29, 0.717) is 29.7 Å². The summed E-state index contributed by atoms with van der Waals surface area (Å²) < 4.78 is 5.30. The summed E-state index contributed by atoms with van der Waals surface area (Å²) in [7, 11) is 0. The average Bonchev–Trinajstić information content (AvgIpc) is 3.29. The van der Waals surface area contributed by atoms with Crippen LogP contribution in [-0.4, -0.2) is 35.7 Å². The number of nitrogens with zero attached hydrogens (tertiary/aromatic N) is 3. The Kier molecular flexibility index (Phi) is 7.95. The van der Waals surface area contributed by atoms with Gasteiger partial charge in [-0.1, -0.05) is 28.9 Å². The molecule has 2 N–H and O–H groups in total. The van der Waals surface area contributed by atoms with Crippen molar-refractivity contribution in [1.29, 1.82) is 0 Å². The molecule has 0 aliphatic heterocycles. The molecule has 3 rings (SSSR count). The van der Waals surface area contributed by atoms with Crippen LogP contribution >= 0.6 is 35.6 Å². The Bertz CT molecular complexity index is 702. The molecule has 25 heavy (non-hydrogen) atoms. The van der Waals surface area contributed by atoms with Crippen molar-refractivity contribution in [3.8, 4) is 11.4 Å². The lowest BCUT2D eigenvalue weighted by atomic mass is 10.2. The Morgan fingerprint density at radius 3 is 2.92 bits per heavy atom. The Morgan fingerprint density at radius 1 is 1.36 bits per heavy atom. The molecule has 8 heteroatoms. The Labute approximate surface area is 169 Å². The van der Waals surface area contributed by atoms with Gasteiger partial charge in [-0.3, -0.25) is 4.99 Å². The number of nitrogens with one attached hydrogen (secondary N) is 2. The van der Waals surface area contributed by atoms with E-state index in [4.69, 9.17) is 16.1 Å². The van der Waals surface area contributed by atoms with Gasteiger partial charge >= 0.3 is 0 Å². The van der Waals surface area contributed by atoms with Gasteiger partial charge < -0.3 is 15.2 Å². The highest BCUT2D eigenvalue weighted by Gasteiger charge is 2.20. The summed E-state index contributed by atoms with van der Waals surface area (Å²) in [4.78, 5) is 8.99. The van der Waals surface area contributed by atoms with E-state index in [2.05, 4.69) is 32.7 Å². The van der Waals surface area contributed by atoms with Crippen molar-refractivity contribution in [2.24, 2.45) is 10.9 Å². The summed E-state index contributed by atoms with van der Waals surface area (Å²) in [6.45, 7) is 4.49. The van der Waals surface area contributed by atoms with E-state index < -0.39 is 0 Å². The first-order valence-electron chi connectivity index (χ1n) is 8.35. The Balaban J connectivity index is 0.00000225. The van der Waals surface area contributed by atoms with Gasteiger partial charge in [0.05, 0.1) is 0 Å². The van der Waals surface area contributed by atoms with E-state index in [-0.39, 0.29) is 24.0 Å².